The van der Waals surface area contributed by atoms with Crippen LogP contribution in [0.15, 0.2) is 11.4 Å². The molecule has 8 heteroatoms. The molecule has 2 heterocycles. The molecule has 0 atom stereocenters. The molecule has 0 saturated carbocycles. The Labute approximate surface area is 106 Å². The minimum atomic E-state index is -0.877. The Balaban J connectivity index is 1.93. The highest BCUT2D eigenvalue weighted by Gasteiger charge is 2.33. The van der Waals surface area contributed by atoms with Gasteiger partial charge in [0.25, 0.3) is 5.91 Å². The number of carboxylic acids is 1. The Morgan fingerprint density at radius 2 is 2.22 bits per heavy atom. The van der Waals surface area contributed by atoms with E-state index in [1.54, 1.807) is 0 Å². The van der Waals surface area contributed by atoms with Gasteiger partial charge in [-0.1, -0.05) is 11.3 Å². The second-order valence-electron chi connectivity index (χ2n) is 4.10. The molecule has 96 valence electrons. The molecular weight excluding hydrogens is 260 g/mol. The molecule has 0 unspecified atom stereocenters. The highest BCUT2D eigenvalue weighted by atomic mass is 32.1. The highest BCUT2D eigenvalue weighted by molar-refractivity contribution is 7.13. The maximum atomic E-state index is 11.9. The van der Waals surface area contributed by atoms with Crippen molar-refractivity contribution in [1.29, 1.82) is 0 Å². The molecule has 1 saturated heterocycles. The van der Waals surface area contributed by atoms with Gasteiger partial charge in [-0.2, -0.15) is 0 Å². The number of thiophene rings is 1. The van der Waals surface area contributed by atoms with Crippen molar-refractivity contribution in [2.75, 3.05) is 13.1 Å². The largest absolute Gasteiger partial charge is 0.481 e. The van der Waals surface area contributed by atoms with Gasteiger partial charge in [-0.15, -0.1) is 0 Å². The van der Waals surface area contributed by atoms with Crippen molar-refractivity contribution >= 4 is 28.2 Å². The number of amides is 1. The number of likely N-dealkylation sites (tertiary alicyclic amines) is 1. The number of hydrogen-bond donors (Lipinski definition) is 1. The van der Waals surface area contributed by atoms with E-state index in [0.29, 0.717) is 18.7 Å². The van der Waals surface area contributed by atoms with E-state index in [0.717, 1.165) is 11.3 Å². The van der Waals surface area contributed by atoms with E-state index >= 15 is 0 Å². The van der Waals surface area contributed by atoms with Crippen molar-refractivity contribution in [3.63, 3.8) is 0 Å². The minimum absolute atomic E-state index is 0.0138. The number of aliphatic carboxylic acids is 1. The summed E-state index contributed by atoms with van der Waals surface area (Å²) in [5, 5.41) is 20.4. The van der Waals surface area contributed by atoms with Crippen LogP contribution in [0.5, 0.6) is 0 Å². The van der Waals surface area contributed by atoms with Gasteiger partial charge in [0.05, 0.1) is 16.9 Å². The van der Waals surface area contributed by atoms with Crippen LogP contribution in [0.1, 0.15) is 16.8 Å². The zero-order valence-corrected chi connectivity index (χ0v) is 10.1. The van der Waals surface area contributed by atoms with Gasteiger partial charge < -0.3 is 10.0 Å². The first kappa shape index (κ1) is 12.5. The lowest BCUT2D eigenvalue weighted by Crippen LogP contribution is -2.50. The summed E-state index contributed by atoms with van der Waals surface area (Å²) in [7, 11) is 0. The van der Waals surface area contributed by atoms with Gasteiger partial charge in [-0.3, -0.25) is 19.7 Å². The van der Waals surface area contributed by atoms with Gasteiger partial charge in [0.1, 0.15) is 0 Å². The molecule has 1 N–H and O–H groups in total. The summed E-state index contributed by atoms with van der Waals surface area (Å²) in [4.78, 5) is 33.8. The van der Waals surface area contributed by atoms with Crippen molar-refractivity contribution in [3.8, 4) is 0 Å². The lowest BCUT2D eigenvalue weighted by molar-refractivity contribution is -0.380. The van der Waals surface area contributed by atoms with Gasteiger partial charge in [0.2, 0.25) is 0 Å². The number of carbonyl (C=O) groups excluding carboxylic acids is 1. The van der Waals surface area contributed by atoms with Crippen LogP contribution in [0.2, 0.25) is 0 Å². The molecule has 1 aromatic heterocycles. The first-order valence-electron chi connectivity index (χ1n) is 5.21. The summed E-state index contributed by atoms with van der Waals surface area (Å²) in [5.41, 5.74) is 0.292. The predicted octanol–water partition coefficient (Wildman–Crippen LogP) is 1.20. The van der Waals surface area contributed by atoms with E-state index in [1.165, 1.54) is 16.3 Å². The molecule has 0 radical (unpaired) electrons. The Morgan fingerprint density at radius 1 is 1.56 bits per heavy atom. The van der Waals surface area contributed by atoms with E-state index in [4.69, 9.17) is 5.11 Å². The maximum absolute atomic E-state index is 11.9. The number of carboxylic acid groups (broad SMARTS) is 1. The summed E-state index contributed by atoms with van der Waals surface area (Å²) in [5.74, 6) is -1.17. The smallest absolute Gasteiger partial charge is 0.324 e. The molecule has 18 heavy (non-hydrogen) atoms. The monoisotopic (exact) mass is 270 g/mol. The van der Waals surface area contributed by atoms with E-state index in [1.807, 2.05) is 0 Å². The third kappa shape index (κ3) is 2.48. The number of hydrogen-bond acceptors (Lipinski definition) is 5. The van der Waals surface area contributed by atoms with Crippen LogP contribution >= 0.6 is 11.3 Å². The second kappa shape index (κ2) is 4.73. The molecule has 7 nitrogen and oxygen atoms in total. The van der Waals surface area contributed by atoms with Crippen LogP contribution in [0.3, 0.4) is 0 Å². The van der Waals surface area contributed by atoms with Crippen LogP contribution < -0.4 is 0 Å². The van der Waals surface area contributed by atoms with Crippen molar-refractivity contribution < 1.29 is 19.6 Å². The average Bonchev–Trinajstić information content (AvgIpc) is 2.70. The second-order valence-corrected chi connectivity index (χ2v) is 4.99. The summed E-state index contributed by atoms with van der Waals surface area (Å²) in [6.07, 6.45) is 0.0492. The molecule has 2 rings (SSSR count). The number of nitrogens with zero attached hydrogens (tertiary/aromatic N) is 2. The van der Waals surface area contributed by atoms with Crippen molar-refractivity contribution in [2.45, 2.75) is 6.42 Å². The Kier molecular flexibility index (Phi) is 3.28. The molecule has 1 aliphatic rings. The zero-order valence-electron chi connectivity index (χ0n) is 9.24. The van der Waals surface area contributed by atoms with Crippen molar-refractivity contribution in [3.05, 3.63) is 27.1 Å². The topological polar surface area (TPSA) is 101 Å². The van der Waals surface area contributed by atoms with E-state index < -0.39 is 10.9 Å². The van der Waals surface area contributed by atoms with E-state index in [-0.39, 0.29) is 23.2 Å². The van der Waals surface area contributed by atoms with E-state index in [2.05, 4.69) is 0 Å². The maximum Gasteiger partial charge on any atom is 0.324 e. The average molecular weight is 270 g/mol. The Bertz CT molecular complexity index is 506. The number of rotatable bonds is 4. The van der Waals surface area contributed by atoms with Crippen LogP contribution in [-0.4, -0.2) is 39.9 Å². The van der Waals surface area contributed by atoms with E-state index in [9.17, 15) is 19.7 Å². The molecule has 1 amide bonds. The molecule has 1 fully saturated rings. The molecule has 1 aliphatic heterocycles. The fourth-order valence-corrected chi connectivity index (χ4v) is 2.52. The summed E-state index contributed by atoms with van der Waals surface area (Å²) in [6.45, 7) is 0.795. The SMILES string of the molecule is O=C(O)CC1CN(C(=O)c2csc([N+](=O)[O-])c2)C1. The van der Waals surface area contributed by atoms with Gasteiger partial charge in [-0.25, -0.2) is 0 Å². The molecular formula is C10H10N2O5S. The fourth-order valence-electron chi connectivity index (χ4n) is 1.83. The summed E-state index contributed by atoms with van der Waals surface area (Å²) < 4.78 is 0. The van der Waals surface area contributed by atoms with Crippen molar-refractivity contribution in [1.82, 2.24) is 4.90 Å². The number of carbonyl (C=O) groups is 2. The third-order valence-corrected chi connectivity index (χ3v) is 3.60. The van der Waals surface area contributed by atoms with Crippen LogP contribution in [0.4, 0.5) is 5.00 Å². The zero-order chi connectivity index (χ0) is 13.3. The predicted molar refractivity (Wildman–Crippen MR) is 62.6 cm³/mol. The van der Waals surface area contributed by atoms with Crippen LogP contribution in [0, 0.1) is 16.0 Å². The fraction of sp³-hybridized carbons (Fsp3) is 0.400. The quantitative estimate of drug-likeness (QED) is 0.654. The lowest BCUT2D eigenvalue weighted by atomic mass is 9.96. The van der Waals surface area contributed by atoms with Crippen molar-refractivity contribution in [2.24, 2.45) is 5.92 Å². The normalized spacial score (nSPS) is 15.2. The molecule has 0 aliphatic carbocycles. The Hall–Kier alpha value is -1.96. The van der Waals surface area contributed by atoms with Crippen LogP contribution in [-0.2, 0) is 4.79 Å². The summed E-state index contributed by atoms with van der Waals surface area (Å²) >= 11 is 0.909. The van der Waals surface area contributed by atoms with Gasteiger partial charge >= 0.3 is 11.0 Å². The first-order chi connectivity index (χ1) is 8.47. The third-order valence-electron chi connectivity index (χ3n) is 2.72. The standard InChI is InChI=1S/C10H10N2O5S/c13-9(14)1-6-3-11(4-6)10(15)7-2-8(12(16)17)18-5-7/h2,5-6H,1,3-4H2,(H,13,14). The van der Waals surface area contributed by atoms with Crippen LogP contribution in [0.25, 0.3) is 0 Å². The first-order valence-corrected chi connectivity index (χ1v) is 6.09. The molecule has 0 bridgehead atoms. The lowest BCUT2D eigenvalue weighted by Gasteiger charge is -2.38. The Morgan fingerprint density at radius 3 is 2.72 bits per heavy atom. The highest BCUT2D eigenvalue weighted by Crippen LogP contribution is 2.26. The molecule has 1 aromatic rings. The van der Waals surface area contributed by atoms with Gasteiger partial charge in [-0.05, 0) is 0 Å². The minimum Gasteiger partial charge on any atom is -0.481 e. The number of nitro groups is 1. The van der Waals surface area contributed by atoms with Gasteiger partial charge in [0.15, 0.2) is 0 Å². The summed E-state index contributed by atoms with van der Waals surface area (Å²) in [6, 6.07) is 1.25. The molecule has 0 spiro atoms. The van der Waals surface area contributed by atoms with Gasteiger partial charge in [0, 0.05) is 30.5 Å². The molecule has 0 aromatic carbocycles.